The van der Waals surface area contributed by atoms with E-state index in [9.17, 15) is 4.79 Å². The molecule has 0 unspecified atom stereocenters. The Morgan fingerprint density at radius 2 is 1.89 bits per heavy atom. The molecule has 0 amide bonds. The van der Waals surface area contributed by atoms with Gasteiger partial charge in [-0.05, 0) is 29.3 Å². The zero-order valence-corrected chi connectivity index (χ0v) is 12.0. The van der Waals surface area contributed by atoms with Crippen molar-refractivity contribution in [2.45, 2.75) is 0 Å². The summed E-state index contributed by atoms with van der Waals surface area (Å²) in [6.07, 6.45) is 0. The van der Waals surface area contributed by atoms with Gasteiger partial charge in [0.25, 0.3) is 0 Å². The van der Waals surface area contributed by atoms with E-state index in [1.807, 2.05) is 30.3 Å². The fourth-order valence-electron chi connectivity index (χ4n) is 1.71. The summed E-state index contributed by atoms with van der Waals surface area (Å²) in [7, 11) is 1.35. The summed E-state index contributed by atoms with van der Waals surface area (Å²) in [5, 5.41) is 0.506. The first-order valence-electron chi connectivity index (χ1n) is 5.26. The number of hydrogen-bond donors (Lipinski definition) is 0. The number of carbonyl (C=O) groups is 1. The van der Waals surface area contributed by atoms with Gasteiger partial charge in [0.15, 0.2) is 0 Å². The fraction of sp³-hybridized carbons (Fsp3) is 0.0714. The van der Waals surface area contributed by atoms with Crippen molar-refractivity contribution in [3.8, 4) is 11.1 Å². The lowest BCUT2D eigenvalue weighted by molar-refractivity contribution is 0.0601. The van der Waals surface area contributed by atoms with E-state index in [0.29, 0.717) is 10.6 Å². The Balaban J connectivity index is 2.64. The number of ether oxygens (including phenoxy) is 1. The van der Waals surface area contributed by atoms with Crippen molar-refractivity contribution in [1.29, 1.82) is 0 Å². The molecule has 0 heterocycles. The average Bonchev–Trinajstić information content (AvgIpc) is 2.39. The summed E-state index contributed by atoms with van der Waals surface area (Å²) in [4.78, 5) is 11.8. The van der Waals surface area contributed by atoms with Crippen LogP contribution in [0.1, 0.15) is 10.4 Å². The predicted molar refractivity (Wildman–Crippen MR) is 75.9 cm³/mol. The summed E-state index contributed by atoms with van der Waals surface area (Å²) in [5.74, 6) is -0.400. The molecule has 0 saturated heterocycles. The molecule has 0 fully saturated rings. The number of rotatable bonds is 2. The molecule has 0 radical (unpaired) electrons. The Kier molecular flexibility index (Phi) is 4.04. The second-order valence-corrected chi connectivity index (χ2v) is 4.95. The van der Waals surface area contributed by atoms with Crippen LogP contribution < -0.4 is 0 Å². The van der Waals surface area contributed by atoms with Gasteiger partial charge in [-0.25, -0.2) is 4.79 Å². The van der Waals surface area contributed by atoms with Crippen LogP contribution in [-0.2, 0) is 4.74 Å². The number of hydrogen-bond acceptors (Lipinski definition) is 2. The molecule has 0 aliphatic heterocycles. The predicted octanol–water partition coefficient (Wildman–Crippen LogP) is 4.56. The number of benzene rings is 2. The highest BCUT2D eigenvalue weighted by molar-refractivity contribution is 9.10. The van der Waals surface area contributed by atoms with E-state index in [-0.39, 0.29) is 0 Å². The van der Waals surface area contributed by atoms with Crippen LogP contribution in [0.25, 0.3) is 11.1 Å². The number of halogens is 2. The zero-order valence-electron chi connectivity index (χ0n) is 9.61. The van der Waals surface area contributed by atoms with E-state index < -0.39 is 5.97 Å². The van der Waals surface area contributed by atoms with Gasteiger partial charge < -0.3 is 4.74 Å². The molecule has 2 rings (SSSR count). The van der Waals surface area contributed by atoms with Crippen molar-refractivity contribution < 1.29 is 9.53 Å². The highest BCUT2D eigenvalue weighted by atomic mass is 79.9. The van der Waals surface area contributed by atoms with Gasteiger partial charge in [-0.15, -0.1) is 0 Å². The van der Waals surface area contributed by atoms with E-state index in [4.69, 9.17) is 16.3 Å². The van der Waals surface area contributed by atoms with Crippen LogP contribution in [0, 0.1) is 0 Å². The first kappa shape index (κ1) is 13.1. The molecule has 0 saturated carbocycles. The smallest absolute Gasteiger partial charge is 0.338 e. The average molecular weight is 326 g/mol. The maximum absolute atomic E-state index is 11.8. The summed E-state index contributed by atoms with van der Waals surface area (Å²) >= 11 is 9.40. The number of carbonyl (C=O) groups excluding carboxylic acids is 1. The van der Waals surface area contributed by atoms with E-state index in [1.165, 1.54) is 7.11 Å². The summed E-state index contributed by atoms with van der Waals surface area (Å²) < 4.78 is 5.69. The third-order valence-corrected chi connectivity index (χ3v) is 3.48. The maximum Gasteiger partial charge on any atom is 0.338 e. The molecule has 2 aromatic rings. The molecule has 0 aromatic heterocycles. The maximum atomic E-state index is 11.8. The lowest BCUT2D eigenvalue weighted by Crippen LogP contribution is -2.03. The highest BCUT2D eigenvalue weighted by Gasteiger charge is 2.15. The van der Waals surface area contributed by atoms with Crippen molar-refractivity contribution in [3.05, 3.63) is 57.5 Å². The van der Waals surface area contributed by atoms with Crippen LogP contribution >= 0.6 is 27.5 Å². The Bertz CT molecular complexity index is 596. The van der Waals surface area contributed by atoms with Crippen LogP contribution in [-0.4, -0.2) is 13.1 Å². The molecule has 0 bridgehead atoms. The lowest BCUT2D eigenvalue weighted by atomic mass is 10.00. The van der Waals surface area contributed by atoms with Crippen LogP contribution in [0.5, 0.6) is 0 Å². The minimum atomic E-state index is -0.400. The molecular weight excluding hydrogens is 316 g/mol. The molecule has 0 atom stereocenters. The molecule has 0 aliphatic carbocycles. The zero-order chi connectivity index (χ0) is 13.1. The standard InChI is InChI=1S/C14H10BrClO2/c1-18-14(17)12-8-9(16)6-7-10(12)11-4-2-3-5-13(11)15/h2-8H,1H3. The largest absolute Gasteiger partial charge is 0.465 e. The van der Waals surface area contributed by atoms with Gasteiger partial charge in [-0.3, -0.25) is 0 Å². The van der Waals surface area contributed by atoms with Crippen molar-refractivity contribution in [2.75, 3.05) is 7.11 Å². The molecule has 92 valence electrons. The van der Waals surface area contributed by atoms with E-state index >= 15 is 0 Å². The third-order valence-electron chi connectivity index (χ3n) is 2.55. The topological polar surface area (TPSA) is 26.3 Å². The van der Waals surface area contributed by atoms with Gasteiger partial charge >= 0.3 is 5.97 Å². The van der Waals surface area contributed by atoms with Gasteiger partial charge in [0.2, 0.25) is 0 Å². The first-order valence-corrected chi connectivity index (χ1v) is 6.43. The van der Waals surface area contributed by atoms with Gasteiger partial charge in [-0.1, -0.05) is 51.8 Å². The molecule has 0 aliphatic rings. The molecule has 2 nitrogen and oxygen atoms in total. The van der Waals surface area contributed by atoms with E-state index in [0.717, 1.165) is 15.6 Å². The monoisotopic (exact) mass is 324 g/mol. The summed E-state index contributed by atoms with van der Waals surface area (Å²) in [6.45, 7) is 0. The second-order valence-electron chi connectivity index (χ2n) is 3.66. The summed E-state index contributed by atoms with van der Waals surface area (Å²) in [6, 6.07) is 12.9. The van der Waals surface area contributed by atoms with Gasteiger partial charge in [0, 0.05) is 9.50 Å². The molecule has 0 N–H and O–H groups in total. The number of methoxy groups -OCH3 is 1. The second kappa shape index (κ2) is 5.55. The molecule has 0 spiro atoms. The number of esters is 1. The van der Waals surface area contributed by atoms with Crippen LogP contribution in [0.15, 0.2) is 46.9 Å². The normalized spacial score (nSPS) is 10.2. The van der Waals surface area contributed by atoms with Crippen molar-refractivity contribution >= 4 is 33.5 Å². The molecule has 18 heavy (non-hydrogen) atoms. The SMILES string of the molecule is COC(=O)c1cc(Cl)ccc1-c1ccccc1Br. The quantitative estimate of drug-likeness (QED) is 0.757. The van der Waals surface area contributed by atoms with Crippen LogP contribution in [0.3, 0.4) is 0 Å². The Hall–Kier alpha value is -1.32. The van der Waals surface area contributed by atoms with E-state index in [1.54, 1.807) is 12.1 Å². The lowest BCUT2D eigenvalue weighted by Gasteiger charge is -2.10. The van der Waals surface area contributed by atoms with Crippen LogP contribution in [0.4, 0.5) is 0 Å². The Morgan fingerprint density at radius 3 is 2.56 bits per heavy atom. The third kappa shape index (κ3) is 2.57. The van der Waals surface area contributed by atoms with Gasteiger partial charge in [0.05, 0.1) is 12.7 Å². The fourth-order valence-corrected chi connectivity index (χ4v) is 2.38. The highest BCUT2D eigenvalue weighted by Crippen LogP contribution is 2.32. The van der Waals surface area contributed by atoms with Crippen molar-refractivity contribution in [3.63, 3.8) is 0 Å². The molecular formula is C14H10BrClO2. The minimum absolute atomic E-state index is 0.400. The first-order chi connectivity index (χ1) is 8.63. The van der Waals surface area contributed by atoms with Gasteiger partial charge in [-0.2, -0.15) is 0 Å². The summed E-state index contributed by atoms with van der Waals surface area (Å²) in [5.41, 5.74) is 2.17. The Morgan fingerprint density at radius 1 is 1.17 bits per heavy atom. The van der Waals surface area contributed by atoms with Crippen molar-refractivity contribution in [2.24, 2.45) is 0 Å². The minimum Gasteiger partial charge on any atom is -0.465 e. The van der Waals surface area contributed by atoms with Crippen molar-refractivity contribution in [1.82, 2.24) is 0 Å². The van der Waals surface area contributed by atoms with Crippen LogP contribution in [0.2, 0.25) is 5.02 Å². The Labute approximate surface area is 119 Å². The molecule has 2 aromatic carbocycles. The molecule has 4 heteroatoms. The van der Waals surface area contributed by atoms with Gasteiger partial charge in [0.1, 0.15) is 0 Å². The van der Waals surface area contributed by atoms with E-state index in [2.05, 4.69) is 15.9 Å².